The first-order valence-corrected chi connectivity index (χ1v) is 8.43. The third-order valence-electron chi connectivity index (χ3n) is 4.46. The van der Waals surface area contributed by atoms with Crippen molar-refractivity contribution >= 4 is 13.3 Å². The molecule has 25 heavy (non-hydrogen) atoms. The van der Waals surface area contributed by atoms with E-state index in [0.717, 1.165) is 27.7 Å². The van der Waals surface area contributed by atoms with Crippen LogP contribution in [-0.2, 0) is 0 Å². The van der Waals surface area contributed by atoms with E-state index in [1.54, 1.807) is 0 Å². The number of hydrogen-bond acceptors (Lipinski definition) is 0. The Morgan fingerprint density at radius 3 is 1.16 bits per heavy atom. The lowest BCUT2D eigenvalue weighted by molar-refractivity contribution is 1.59. The second kappa shape index (κ2) is 6.82. The van der Waals surface area contributed by atoms with Gasteiger partial charge in [0.25, 0.3) is 0 Å². The molecule has 0 spiro atoms. The number of benzene rings is 4. The zero-order chi connectivity index (χ0) is 17.1. The zero-order valence-electron chi connectivity index (χ0n) is 13.9. The topological polar surface area (TPSA) is 0 Å². The summed E-state index contributed by atoms with van der Waals surface area (Å²) >= 11 is 0. The number of hydrogen-bond donors (Lipinski definition) is 0. The summed E-state index contributed by atoms with van der Waals surface area (Å²) in [4.78, 5) is 0. The summed E-state index contributed by atoms with van der Waals surface area (Å²) in [7, 11) is 6.59. The fraction of sp³-hybridized carbons (Fsp3) is 0. The van der Waals surface area contributed by atoms with E-state index in [2.05, 4.69) is 60.7 Å². The summed E-state index contributed by atoms with van der Waals surface area (Å²) in [6.07, 6.45) is 0. The first-order valence-electron chi connectivity index (χ1n) is 8.43. The van der Waals surface area contributed by atoms with Crippen LogP contribution in [0.2, 0.25) is 0 Å². The standard InChI is InChI=1S/C24H17B/c25-24-22(19-12-6-2-7-13-19)16-21(18-10-4-1-5-11-18)17-23(24)20-14-8-3-9-15-20/h1-17H. The Morgan fingerprint density at radius 2 is 0.760 bits per heavy atom. The Balaban J connectivity index is 1.98. The molecule has 0 saturated heterocycles. The van der Waals surface area contributed by atoms with Gasteiger partial charge in [0.2, 0.25) is 0 Å². The van der Waals surface area contributed by atoms with Gasteiger partial charge in [0, 0.05) is 0 Å². The van der Waals surface area contributed by atoms with Crippen LogP contribution >= 0.6 is 0 Å². The summed E-state index contributed by atoms with van der Waals surface area (Å²) in [5.41, 5.74) is 7.59. The first-order chi connectivity index (χ1) is 12.3. The minimum atomic E-state index is 0.817. The SMILES string of the molecule is [B]c1c(-c2ccccc2)cc(-c2ccccc2)cc1-c1ccccc1. The third kappa shape index (κ3) is 3.14. The van der Waals surface area contributed by atoms with Crippen LogP contribution in [0.3, 0.4) is 0 Å². The molecule has 0 atom stereocenters. The molecule has 4 rings (SSSR count). The third-order valence-corrected chi connectivity index (χ3v) is 4.46. The maximum Gasteiger partial charge on any atom is 0.115 e. The highest BCUT2D eigenvalue weighted by Gasteiger charge is 2.11. The van der Waals surface area contributed by atoms with E-state index in [1.165, 1.54) is 11.1 Å². The van der Waals surface area contributed by atoms with Gasteiger partial charge < -0.3 is 0 Å². The predicted octanol–water partition coefficient (Wildman–Crippen LogP) is 5.48. The number of rotatable bonds is 3. The molecular formula is C24H17B. The molecule has 0 N–H and O–H groups in total. The van der Waals surface area contributed by atoms with Crippen molar-refractivity contribution in [2.75, 3.05) is 0 Å². The molecule has 4 aromatic carbocycles. The van der Waals surface area contributed by atoms with Crippen molar-refractivity contribution < 1.29 is 0 Å². The van der Waals surface area contributed by atoms with Crippen molar-refractivity contribution in [2.24, 2.45) is 0 Å². The predicted molar refractivity (Wildman–Crippen MR) is 108 cm³/mol. The molecule has 2 radical (unpaired) electrons. The molecule has 0 heterocycles. The summed E-state index contributed by atoms with van der Waals surface area (Å²) in [6, 6.07) is 35.5. The van der Waals surface area contributed by atoms with Crippen LogP contribution < -0.4 is 5.46 Å². The van der Waals surface area contributed by atoms with Gasteiger partial charge in [-0.2, -0.15) is 0 Å². The van der Waals surface area contributed by atoms with Crippen LogP contribution in [0.4, 0.5) is 0 Å². The van der Waals surface area contributed by atoms with Crippen LogP contribution in [0.15, 0.2) is 103 Å². The molecule has 0 aromatic heterocycles. The van der Waals surface area contributed by atoms with Gasteiger partial charge >= 0.3 is 0 Å². The van der Waals surface area contributed by atoms with Crippen LogP contribution in [0.5, 0.6) is 0 Å². The highest BCUT2D eigenvalue weighted by Crippen LogP contribution is 2.30. The Bertz CT molecular complexity index is 914. The molecular weight excluding hydrogens is 299 g/mol. The fourth-order valence-electron chi connectivity index (χ4n) is 3.16. The minimum absolute atomic E-state index is 0.817. The fourth-order valence-corrected chi connectivity index (χ4v) is 3.16. The van der Waals surface area contributed by atoms with Crippen molar-refractivity contribution in [3.8, 4) is 33.4 Å². The van der Waals surface area contributed by atoms with Gasteiger partial charge in [0.05, 0.1) is 0 Å². The van der Waals surface area contributed by atoms with Crippen molar-refractivity contribution in [3.63, 3.8) is 0 Å². The molecule has 0 saturated carbocycles. The van der Waals surface area contributed by atoms with Crippen molar-refractivity contribution in [1.29, 1.82) is 0 Å². The van der Waals surface area contributed by atoms with E-state index < -0.39 is 0 Å². The molecule has 0 unspecified atom stereocenters. The van der Waals surface area contributed by atoms with Gasteiger partial charge in [0.15, 0.2) is 0 Å². The average molecular weight is 316 g/mol. The van der Waals surface area contributed by atoms with E-state index in [-0.39, 0.29) is 0 Å². The largest absolute Gasteiger partial charge is 0.115 e. The van der Waals surface area contributed by atoms with E-state index in [0.29, 0.717) is 0 Å². The van der Waals surface area contributed by atoms with Crippen LogP contribution in [0, 0.1) is 0 Å². The molecule has 0 fully saturated rings. The second-order valence-corrected chi connectivity index (χ2v) is 6.08. The van der Waals surface area contributed by atoms with E-state index in [1.807, 2.05) is 42.5 Å². The van der Waals surface area contributed by atoms with Crippen LogP contribution in [0.1, 0.15) is 0 Å². The molecule has 0 nitrogen and oxygen atoms in total. The Kier molecular flexibility index (Phi) is 4.22. The van der Waals surface area contributed by atoms with E-state index >= 15 is 0 Å². The lowest BCUT2D eigenvalue weighted by atomic mass is 9.79. The van der Waals surface area contributed by atoms with Gasteiger partial charge in [-0.25, -0.2) is 0 Å². The summed E-state index contributed by atoms with van der Waals surface area (Å²) in [6.45, 7) is 0. The Hall–Kier alpha value is -3.06. The Labute approximate surface area is 150 Å². The highest BCUT2D eigenvalue weighted by molar-refractivity contribution is 6.39. The molecule has 1 heteroatoms. The van der Waals surface area contributed by atoms with Crippen molar-refractivity contribution in [1.82, 2.24) is 0 Å². The van der Waals surface area contributed by atoms with Crippen molar-refractivity contribution in [2.45, 2.75) is 0 Å². The van der Waals surface area contributed by atoms with Gasteiger partial charge in [-0.15, -0.1) is 0 Å². The van der Waals surface area contributed by atoms with Gasteiger partial charge in [0.1, 0.15) is 7.85 Å². The molecule has 0 aliphatic carbocycles. The van der Waals surface area contributed by atoms with Crippen molar-refractivity contribution in [3.05, 3.63) is 103 Å². The van der Waals surface area contributed by atoms with Gasteiger partial charge in [-0.1, -0.05) is 96.5 Å². The molecule has 0 bridgehead atoms. The monoisotopic (exact) mass is 316 g/mol. The summed E-state index contributed by atoms with van der Waals surface area (Å²) < 4.78 is 0. The van der Waals surface area contributed by atoms with Crippen LogP contribution in [0.25, 0.3) is 33.4 Å². The molecule has 0 aliphatic heterocycles. The quantitative estimate of drug-likeness (QED) is 0.439. The zero-order valence-corrected chi connectivity index (χ0v) is 13.9. The molecule has 116 valence electrons. The average Bonchev–Trinajstić information content (AvgIpc) is 2.70. The van der Waals surface area contributed by atoms with Gasteiger partial charge in [-0.05, 0) is 45.5 Å². The summed E-state index contributed by atoms with van der Waals surface area (Å²) in [5, 5.41) is 0. The van der Waals surface area contributed by atoms with Crippen LogP contribution in [-0.4, -0.2) is 7.85 Å². The molecule has 0 amide bonds. The maximum atomic E-state index is 6.59. The minimum Gasteiger partial charge on any atom is -0.0812 e. The highest BCUT2D eigenvalue weighted by atomic mass is 14.1. The van der Waals surface area contributed by atoms with Gasteiger partial charge in [-0.3, -0.25) is 0 Å². The lowest BCUT2D eigenvalue weighted by Gasteiger charge is -2.16. The summed E-state index contributed by atoms with van der Waals surface area (Å²) in [5.74, 6) is 0. The molecule has 0 aliphatic rings. The maximum absolute atomic E-state index is 6.59. The van der Waals surface area contributed by atoms with E-state index in [4.69, 9.17) is 7.85 Å². The first kappa shape index (κ1) is 15.5. The normalized spacial score (nSPS) is 10.6. The second-order valence-electron chi connectivity index (χ2n) is 6.08. The molecule has 4 aromatic rings. The smallest absolute Gasteiger partial charge is 0.0812 e. The Morgan fingerprint density at radius 1 is 0.400 bits per heavy atom. The lowest BCUT2D eigenvalue weighted by Crippen LogP contribution is -2.11. The van der Waals surface area contributed by atoms with E-state index in [9.17, 15) is 0 Å².